The maximum atomic E-state index is 13.6. The fourth-order valence-corrected chi connectivity index (χ4v) is 4.27. The monoisotopic (exact) mass is 495 g/mol. The largest absolute Gasteiger partial charge is 0.350 e. The Bertz CT molecular complexity index is 1270. The van der Waals surface area contributed by atoms with Crippen LogP contribution in [0, 0.1) is 11.6 Å². The van der Waals surface area contributed by atoms with Gasteiger partial charge in [0.1, 0.15) is 22.9 Å². The highest BCUT2D eigenvalue weighted by Gasteiger charge is 2.48. The van der Waals surface area contributed by atoms with Crippen molar-refractivity contribution >= 4 is 17.7 Å². The number of benzene rings is 2. The standard InChI is InChI=1S/C26H27F2N5O3/c1-3-12-33-24(35)22-21(23(34)29-13-17-4-8-19(27)9-5-17)31-16-32(22)15-26(33,2)25(36)30-14-18-6-10-20(28)11-7-18/h4-11,16H,3,12-15H2,1-2H3,(H,29,34)(H,30,36). The Morgan fingerprint density at radius 2 is 1.53 bits per heavy atom. The van der Waals surface area contributed by atoms with Crippen molar-refractivity contribution in [3.8, 4) is 0 Å². The Balaban J connectivity index is 1.53. The maximum Gasteiger partial charge on any atom is 0.273 e. The molecule has 0 saturated carbocycles. The second kappa shape index (κ2) is 10.3. The first-order valence-electron chi connectivity index (χ1n) is 11.7. The van der Waals surface area contributed by atoms with Crippen molar-refractivity contribution in [2.24, 2.45) is 0 Å². The minimum atomic E-state index is -1.22. The number of amides is 3. The van der Waals surface area contributed by atoms with E-state index in [2.05, 4.69) is 15.6 Å². The summed E-state index contributed by atoms with van der Waals surface area (Å²) in [6.07, 6.45) is 1.99. The van der Waals surface area contributed by atoms with Gasteiger partial charge >= 0.3 is 0 Å². The van der Waals surface area contributed by atoms with Crippen LogP contribution in [0.1, 0.15) is 52.4 Å². The number of hydrogen-bond donors (Lipinski definition) is 2. The lowest BCUT2D eigenvalue weighted by molar-refractivity contribution is -0.133. The molecule has 0 spiro atoms. The van der Waals surface area contributed by atoms with E-state index in [1.807, 2.05) is 6.92 Å². The van der Waals surface area contributed by atoms with Crippen molar-refractivity contribution in [1.82, 2.24) is 25.1 Å². The summed E-state index contributed by atoms with van der Waals surface area (Å²) in [4.78, 5) is 45.4. The number of nitrogens with zero attached hydrogens (tertiary/aromatic N) is 3. The number of fused-ring (bicyclic) bond motifs is 1. The summed E-state index contributed by atoms with van der Waals surface area (Å²) in [5, 5.41) is 5.56. The molecule has 0 saturated heterocycles. The van der Waals surface area contributed by atoms with E-state index >= 15 is 0 Å². The number of nitrogens with one attached hydrogen (secondary N) is 2. The normalized spacial score (nSPS) is 17.0. The molecular weight excluding hydrogens is 468 g/mol. The fourth-order valence-electron chi connectivity index (χ4n) is 4.27. The summed E-state index contributed by atoms with van der Waals surface area (Å²) in [5.74, 6) is -2.11. The highest BCUT2D eigenvalue weighted by molar-refractivity contribution is 6.07. The molecule has 1 unspecified atom stereocenters. The molecule has 8 nitrogen and oxygen atoms in total. The first-order chi connectivity index (χ1) is 17.2. The van der Waals surface area contributed by atoms with Gasteiger partial charge in [0.05, 0.1) is 12.9 Å². The van der Waals surface area contributed by atoms with Crippen LogP contribution in [0.25, 0.3) is 0 Å². The van der Waals surface area contributed by atoms with Gasteiger partial charge in [-0.1, -0.05) is 31.2 Å². The third-order valence-electron chi connectivity index (χ3n) is 6.24. The molecule has 1 atom stereocenters. The number of rotatable bonds is 8. The molecule has 1 aliphatic heterocycles. The maximum absolute atomic E-state index is 13.6. The lowest BCUT2D eigenvalue weighted by atomic mass is 9.94. The highest BCUT2D eigenvalue weighted by Crippen LogP contribution is 2.29. The number of hydrogen-bond acceptors (Lipinski definition) is 4. The third-order valence-corrected chi connectivity index (χ3v) is 6.24. The number of aromatic nitrogens is 2. The van der Waals surface area contributed by atoms with E-state index in [1.165, 1.54) is 40.1 Å². The van der Waals surface area contributed by atoms with Gasteiger partial charge in [0.15, 0.2) is 5.69 Å². The molecule has 10 heteroatoms. The van der Waals surface area contributed by atoms with Gasteiger partial charge in [-0.25, -0.2) is 13.8 Å². The van der Waals surface area contributed by atoms with Crippen LogP contribution in [0.3, 0.4) is 0 Å². The Kier molecular flexibility index (Phi) is 7.14. The van der Waals surface area contributed by atoms with Crippen LogP contribution < -0.4 is 10.6 Å². The van der Waals surface area contributed by atoms with Gasteiger partial charge in [-0.2, -0.15) is 0 Å². The van der Waals surface area contributed by atoms with Gasteiger partial charge in [0.25, 0.3) is 11.8 Å². The summed E-state index contributed by atoms with van der Waals surface area (Å²) < 4.78 is 27.8. The van der Waals surface area contributed by atoms with Crippen LogP contribution >= 0.6 is 0 Å². The number of carbonyl (C=O) groups excluding carboxylic acids is 3. The molecule has 3 amide bonds. The Labute approximate surface area is 207 Å². The Morgan fingerprint density at radius 1 is 0.972 bits per heavy atom. The van der Waals surface area contributed by atoms with Crippen LogP contribution in [-0.2, 0) is 24.4 Å². The highest BCUT2D eigenvalue weighted by atomic mass is 19.1. The van der Waals surface area contributed by atoms with Crippen LogP contribution in [0.15, 0.2) is 54.9 Å². The smallest absolute Gasteiger partial charge is 0.273 e. The average Bonchev–Trinajstić information content (AvgIpc) is 3.29. The molecule has 3 aromatic rings. The van der Waals surface area contributed by atoms with Crippen LogP contribution in [0.5, 0.6) is 0 Å². The second-order valence-electron chi connectivity index (χ2n) is 8.92. The van der Waals surface area contributed by atoms with Crippen molar-refractivity contribution in [3.63, 3.8) is 0 Å². The van der Waals surface area contributed by atoms with Gasteiger partial charge < -0.3 is 20.1 Å². The Hall–Kier alpha value is -4.08. The van der Waals surface area contributed by atoms with Gasteiger partial charge in [-0.05, 0) is 48.7 Å². The van der Waals surface area contributed by atoms with Crippen molar-refractivity contribution in [3.05, 3.63) is 89.0 Å². The van der Waals surface area contributed by atoms with Crippen LogP contribution in [-0.4, -0.2) is 44.3 Å². The van der Waals surface area contributed by atoms with Crippen LogP contribution in [0.2, 0.25) is 0 Å². The molecule has 188 valence electrons. The molecule has 0 radical (unpaired) electrons. The zero-order valence-electron chi connectivity index (χ0n) is 20.1. The molecule has 1 aliphatic rings. The molecule has 2 N–H and O–H groups in total. The van der Waals surface area contributed by atoms with E-state index in [9.17, 15) is 23.2 Å². The van der Waals surface area contributed by atoms with Crippen LogP contribution in [0.4, 0.5) is 8.78 Å². The van der Waals surface area contributed by atoms with Crippen molar-refractivity contribution in [2.45, 2.75) is 45.4 Å². The zero-order chi connectivity index (χ0) is 25.9. The predicted molar refractivity (Wildman–Crippen MR) is 128 cm³/mol. The molecule has 0 fully saturated rings. The summed E-state index contributed by atoms with van der Waals surface area (Å²) >= 11 is 0. The van der Waals surface area contributed by atoms with Gasteiger partial charge in [-0.3, -0.25) is 14.4 Å². The van der Waals surface area contributed by atoms with E-state index < -0.39 is 17.4 Å². The van der Waals surface area contributed by atoms with Gasteiger partial charge in [0.2, 0.25) is 5.91 Å². The molecule has 36 heavy (non-hydrogen) atoms. The van der Waals surface area contributed by atoms with Crippen molar-refractivity contribution in [2.75, 3.05) is 6.54 Å². The van der Waals surface area contributed by atoms with Crippen molar-refractivity contribution in [1.29, 1.82) is 0 Å². The summed E-state index contributed by atoms with van der Waals surface area (Å²) in [7, 11) is 0. The van der Waals surface area contributed by atoms with Crippen molar-refractivity contribution < 1.29 is 23.2 Å². The third kappa shape index (κ3) is 4.98. The fraction of sp³-hybridized carbons (Fsp3) is 0.308. The minimum Gasteiger partial charge on any atom is -0.350 e. The summed E-state index contributed by atoms with van der Waals surface area (Å²) in [5.41, 5.74) is 0.284. The van der Waals surface area contributed by atoms with E-state index in [1.54, 1.807) is 31.2 Å². The zero-order valence-corrected chi connectivity index (χ0v) is 20.1. The minimum absolute atomic E-state index is 0.0306. The number of halogens is 2. The van der Waals surface area contributed by atoms with Gasteiger partial charge in [-0.15, -0.1) is 0 Å². The van der Waals surface area contributed by atoms with E-state index in [-0.39, 0.29) is 48.6 Å². The molecule has 1 aromatic heterocycles. The van der Waals surface area contributed by atoms with E-state index in [4.69, 9.17) is 0 Å². The molecular formula is C26H27F2N5O3. The predicted octanol–water partition coefficient (Wildman–Crippen LogP) is 3.03. The average molecular weight is 496 g/mol. The Morgan fingerprint density at radius 3 is 2.08 bits per heavy atom. The van der Waals surface area contributed by atoms with E-state index in [0.717, 1.165) is 5.56 Å². The quantitative estimate of drug-likeness (QED) is 0.502. The van der Waals surface area contributed by atoms with Gasteiger partial charge in [0, 0.05) is 19.6 Å². The molecule has 2 aromatic carbocycles. The number of carbonyl (C=O) groups is 3. The lowest BCUT2D eigenvalue weighted by Gasteiger charge is -2.43. The molecule has 4 rings (SSSR count). The number of imidazole rings is 1. The molecule has 0 bridgehead atoms. The molecule has 2 heterocycles. The second-order valence-corrected chi connectivity index (χ2v) is 8.92. The SMILES string of the molecule is CCCN1C(=O)c2c(C(=O)NCc3ccc(F)cc3)ncn2CC1(C)C(=O)NCc1ccc(F)cc1. The first kappa shape index (κ1) is 25.0. The topological polar surface area (TPSA) is 96.3 Å². The first-order valence-corrected chi connectivity index (χ1v) is 11.7. The summed E-state index contributed by atoms with van der Waals surface area (Å²) in [6.45, 7) is 4.31. The molecule has 0 aliphatic carbocycles. The van der Waals surface area contributed by atoms with E-state index in [0.29, 0.717) is 18.5 Å². The lowest BCUT2D eigenvalue weighted by Crippen LogP contribution is -2.64. The summed E-state index contributed by atoms with van der Waals surface area (Å²) in [6, 6.07) is 11.5.